The van der Waals surface area contributed by atoms with Gasteiger partial charge in [-0.3, -0.25) is 4.98 Å². The van der Waals surface area contributed by atoms with Crippen LogP contribution >= 0.6 is 0 Å². The Balaban J connectivity index is 2.30. The van der Waals surface area contributed by atoms with Crippen LogP contribution in [0.4, 0.5) is 0 Å². The molecule has 0 atom stereocenters. The van der Waals surface area contributed by atoms with Gasteiger partial charge in [0.25, 0.3) is 0 Å². The van der Waals surface area contributed by atoms with Crippen molar-refractivity contribution in [3.05, 3.63) is 48.5 Å². The number of rotatable bonds is 2. The molecule has 0 saturated carbocycles. The van der Waals surface area contributed by atoms with Crippen molar-refractivity contribution >= 4 is 5.65 Å². The van der Waals surface area contributed by atoms with Crippen molar-refractivity contribution in [1.29, 1.82) is 0 Å². The lowest BCUT2D eigenvalue weighted by Crippen LogP contribution is -1.89. The van der Waals surface area contributed by atoms with Crippen LogP contribution in [0, 0.1) is 0 Å². The van der Waals surface area contributed by atoms with E-state index in [0.717, 1.165) is 16.8 Å². The van der Waals surface area contributed by atoms with Gasteiger partial charge in [0.2, 0.25) is 0 Å². The molecule has 0 spiro atoms. The molecule has 0 aliphatic rings. The molecule has 0 bridgehead atoms. The highest BCUT2D eigenvalue weighted by Gasteiger charge is 2.14. The van der Waals surface area contributed by atoms with Gasteiger partial charge in [-0.05, 0) is 18.2 Å². The third-order valence-corrected chi connectivity index (χ3v) is 2.58. The molecule has 0 amide bonds. The van der Waals surface area contributed by atoms with Crippen molar-refractivity contribution in [3.8, 4) is 11.3 Å². The third-order valence-electron chi connectivity index (χ3n) is 2.58. The van der Waals surface area contributed by atoms with E-state index in [1.165, 1.54) is 0 Å². The molecule has 17 heavy (non-hydrogen) atoms. The fourth-order valence-corrected chi connectivity index (χ4v) is 1.81. The lowest BCUT2D eigenvalue weighted by molar-refractivity contribution is 0.283. The minimum atomic E-state index is -0.0925. The van der Waals surface area contributed by atoms with Gasteiger partial charge in [0.1, 0.15) is 5.69 Å². The lowest BCUT2D eigenvalue weighted by Gasteiger charge is -1.97. The fourth-order valence-electron chi connectivity index (χ4n) is 1.81. The Bertz CT molecular complexity index is 648. The van der Waals surface area contributed by atoms with Crippen LogP contribution < -0.4 is 0 Å². The van der Waals surface area contributed by atoms with Gasteiger partial charge in [-0.25, -0.2) is 9.50 Å². The molecule has 0 unspecified atom stereocenters. The molecular formula is C12H10N4O. The number of pyridine rings is 1. The van der Waals surface area contributed by atoms with Gasteiger partial charge in [-0.15, -0.1) is 0 Å². The van der Waals surface area contributed by atoms with Gasteiger partial charge in [0, 0.05) is 30.4 Å². The number of aliphatic hydroxyl groups excluding tert-OH is 1. The van der Waals surface area contributed by atoms with Crippen LogP contribution in [0.2, 0.25) is 0 Å². The number of hydrogen-bond acceptors (Lipinski definition) is 4. The van der Waals surface area contributed by atoms with E-state index in [4.69, 9.17) is 0 Å². The van der Waals surface area contributed by atoms with Crippen LogP contribution in [0.3, 0.4) is 0 Å². The molecule has 0 aliphatic heterocycles. The second-order valence-electron chi connectivity index (χ2n) is 3.61. The molecule has 0 radical (unpaired) electrons. The second-order valence-corrected chi connectivity index (χ2v) is 3.61. The summed E-state index contributed by atoms with van der Waals surface area (Å²) in [4.78, 5) is 8.27. The maximum Gasteiger partial charge on any atom is 0.161 e. The Labute approximate surface area is 97.4 Å². The van der Waals surface area contributed by atoms with Crippen LogP contribution in [0.25, 0.3) is 16.9 Å². The minimum Gasteiger partial charge on any atom is -0.391 e. The summed E-state index contributed by atoms with van der Waals surface area (Å²) in [5.41, 5.74) is 2.99. The van der Waals surface area contributed by atoms with Crippen molar-refractivity contribution in [3.63, 3.8) is 0 Å². The molecule has 0 saturated heterocycles. The van der Waals surface area contributed by atoms with E-state index in [2.05, 4.69) is 15.1 Å². The van der Waals surface area contributed by atoms with E-state index in [1.54, 1.807) is 35.4 Å². The number of hydrogen-bond donors (Lipinski definition) is 1. The van der Waals surface area contributed by atoms with Crippen molar-refractivity contribution < 1.29 is 5.11 Å². The van der Waals surface area contributed by atoms with Gasteiger partial charge in [-0.2, -0.15) is 5.10 Å². The third kappa shape index (κ3) is 1.57. The van der Waals surface area contributed by atoms with Crippen LogP contribution in [-0.2, 0) is 6.61 Å². The van der Waals surface area contributed by atoms with Crippen molar-refractivity contribution in [2.75, 3.05) is 0 Å². The summed E-state index contributed by atoms with van der Waals surface area (Å²) >= 11 is 0. The molecular weight excluding hydrogens is 216 g/mol. The Morgan fingerprint density at radius 2 is 2.18 bits per heavy atom. The molecule has 3 heterocycles. The summed E-state index contributed by atoms with van der Waals surface area (Å²) in [7, 11) is 0. The Morgan fingerprint density at radius 3 is 2.94 bits per heavy atom. The average Bonchev–Trinajstić information content (AvgIpc) is 2.78. The number of aromatic nitrogens is 4. The van der Waals surface area contributed by atoms with Gasteiger partial charge >= 0.3 is 0 Å². The molecule has 0 aliphatic carbocycles. The fraction of sp³-hybridized carbons (Fsp3) is 0.0833. The van der Waals surface area contributed by atoms with Gasteiger partial charge in [-0.1, -0.05) is 0 Å². The van der Waals surface area contributed by atoms with Crippen LogP contribution in [-0.4, -0.2) is 24.7 Å². The molecule has 1 N–H and O–H groups in total. The van der Waals surface area contributed by atoms with Crippen LogP contribution in [0.1, 0.15) is 5.56 Å². The van der Waals surface area contributed by atoms with E-state index in [9.17, 15) is 5.11 Å². The van der Waals surface area contributed by atoms with Gasteiger partial charge < -0.3 is 5.11 Å². The van der Waals surface area contributed by atoms with Crippen LogP contribution in [0.5, 0.6) is 0 Å². The van der Waals surface area contributed by atoms with E-state index in [-0.39, 0.29) is 6.61 Å². The predicted octanol–water partition coefficient (Wildman–Crippen LogP) is 1.28. The molecule has 84 valence electrons. The van der Waals surface area contributed by atoms with Crippen molar-refractivity contribution in [1.82, 2.24) is 19.6 Å². The highest BCUT2D eigenvalue weighted by atomic mass is 16.3. The van der Waals surface area contributed by atoms with Gasteiger partial charge in [0.05, 0.1) is 12.2 Å². The summed E-state index contributed by atoms with van der Waals surface area (Å²) in [6.07, 6.45) is 6.92. The molecule has 5 heteroatoms. The first-order chi connectivity index (χ1) is 8.40. The first-order valence-corrected chi connectivity index (χ1v) is 5.23. The molecule has 3 aromatic heterocycles. The molecule has 3 aromatic rings. The Morgan fingerprint density at radius 1 is 1.24 bits per heavy atom. The minimum absolute atomic E-state index is 0.0925. The zero-order valence-electron chi connectivity index (χ0n) is 8.98. The van der Waals surface area contributed by atoms with E-state index >= 15 is 0 Å². The maximum atomic E-state index is 9.45. The standard InChI is InChI=1S/C12H10N4O/c17-8-10-11(9-3-1-4-13-7-9)15-16-6-2-5-14-12(10)16/h1-7,17H,8H2. The molecule has 5 nitrogen and oxygen atoms in total. The van der Waals surface area contributed by atoms with Crippen molar-refractivity contribution in [2.24, 2.45) is 0 Å². The normalized spacial score (nSPS) is 10.9. The summed E-state index contributed by atoms with van der Waals surface area (Å²) in [6, 6.07) is 5.55. The topological polar surface area (TPSA) is 63.3 Å². The van der Waals surface area contributed by atoms with Crippen molar-refractivity contribution in [2.45, 2.75) is 6.61 Å². The lowest BCUT2D eigenvalue weighted by atomic mass is 10.1. The quantitative estimate of drug-likeness (QED) is 0.715. The summed E-state index contributed by atoms with van der Waals surface area (Å²) < 4.78 is 1.66. The largest absolute Gasteiger partial charge is 0.391 e. The summed E-state index contributed by atoms with van der Waals surface area (Å²) in [5, 5.41) is 13.9. The molecule has 0 fully saturated rings. The Kier molecular flexibility index (Phi) is 2.31. The number of nitrogens with zero attached hydrogens (tertiary/aromatic N) is 4. The zero-order valence-corrected chi connectivity index (χ0v) is 8.98. The maximum absolute atomic E-state index is 9.45. The molecule has 0 aromatic carbocycles. The SMILES string of the molecule is OCc1c(-c2cccnc2)nn2cccnc12. The monoisotopic (exact) mass is 226 g/mol. The smallest absolute Gasteiger partial charge is 0.161 e. The van der Waals surface area contributed by atoms with E-state index in [0.29, 0.717) is 5.65 Å². The summed E-state index contributed by atoms with van der Waals surface area (Å²) in [5.74, 6) is 0. The highest BCUT2D eigenvalue weighted by Crippen LogP contribution is 2.24. The first kappa shape index (κ1) is 9.92. The van der Waals surface area contributed by atoms with Gasteiger partial charge in [0.15, 0.2) is 5.65 Å². The zero-order chi connectivity index (χ0) is 11.7. The highest BCUT2D eigenvalue weighted by molar-refractivity contribution is 5.69. The number of aliphatic hydroxyl groups is 1. The predicted molar refractivity (Wildman–Crippen MR) is 62.1 cm³/mol. The first-order valence-electron chi connectivity index (χ1n) is 5.23. The second kappa shape index (κ2) is 3.95. The average molecular weight is 226 g/mol. The van der Waals surface area contributed by atoms with E-state index < -0.39 is 0 Å². The van der Waals surface area contributed by atoms with E-state index in [1.807, 2.05) is 12.1 Å². The molecule has 3 rings (SSSR count). The number of fused-ring (bicyclic) bond motifs is 1. The summed E-state index contributed by atoms with van der Waals surface area (Å²) in [6.45, 7) is -0.0925. The Hall–Kier alpha value is -2.27. The van der Waals surface area contributed by atoms with Crippen LogP contribution in [0.15, 0.2) is 43.0 Å².